The number of rotatable bonds is 2. The Bertz CT molecular complexity index is 614. The van der Waals surface area contributed by atoms with Crippen molar-refractivity contribution < 1.29 is 5.11 Å². The van der Waals surface area contributed by atoms with Gasteiger partial charge in [0.2, 0.25) is 0 Å². The highest BCUT2D eigenvalue weighted by atomic mass is 31.1. The summed E-state index contributed by atoms with van der Waals surface area (Å²) in [4.78, 5) is 0. The Kier molecular flexibility index (Phi) is 2.66. The van der Waals surface area contributed by atoms with Gasteiger partial charge in [-0.25, -0.2) is 0 Å². The van der Waals surface area contributed by atoms with Crippen LogP contribution < -0.4 is 0 Å². The van der Waals surface area contributed by atoms with Gasteiger partial charge in [0, 0.05) is 16.4 Å². The molecular weight excluding hydrogens is 227 g/mol. The van der Waals surface area contributed by atoms with Crippen molar-refractivity contribution in [1.29, 1.82) is 0 Å². The van der Waals surface area contributed by atoms with Crippen molar-refractivity contribution in [2.75, 3.05) is 0 Å². The molecule has 1 N–H and O–H groups in total. The summed E-state index contributed by atoms with van der Waals surface area (Å²) in [7, 11) is -0.366. The lowest BCUT2D eigenvalue weighted by Gasteiger charge is -2.05. The van der Waals surface area contributed by atoms with Crippen LogP contribution in [0.15, 0.2) is 48.5 Å². The van der Waals surface area contributed by atoms with Gasteiger partial charge in [0.25, 0.3) is 0 Å². The van der Waals surface area contributed by atoms with Gasteiger partial charge in [0.1, 0.15) is 0 Å². The normalized spacial score (nSPS) is 13.3. The molecule has 0 aliphatic carbocycles. The highest BCUT2D eigenvalue weighted by Crippen LogP contribution is 2.49. The molecule has 1 nitrogen and oxygen atoms in total. The molecule has 0 bridgehead atoms. The van der Waals surface area contributed by atoms with Gasteiger partial charge >= 0.3 is 0 Å². The zero-order valence-electron chi connectivity index (χ0n) is 9.80. The molecule has 0 aliphatic rings. The molecule has 0 amide bonds. The summed E-state index contributed by atoms with van der Waals surface area (Å²) in [6.07, 6.45) is 0.629. The van der Waals surface area contributed by atoms with Crippen LogP contribution in [0, 0.1) is 0 Å². The molecule has 1 heterocycles. The molecule has 17 heavy (non-hydrogen) atoms. The van der Waals surface area contributed by atoms with Crippen LogP contribution in [-0.2, 0) is 6.16 Å². The SMILES string of the molecule is CC(O)Cp1c2ccccc2c2ccccc21. The van der Waals surface area contributed by atoms with Crippen molar-refractivity contribution in [1.82, 2.24) is 0 Å². The van der Waals surface area contributed by atoms with E-state index in [9.17, 15) is 5.11 Å². The molecule has 3 aromatic rings. The van der Waals surface area contributed by atoms with Gasteiger partial charge in [0.15, 0.2) is 0 Å². The number of fused-ring (bicyclic) bond motifs is 3. The monoisotopic (exact) mass is 242 g/mol. The zero-order chi connectivity index (χ0) is 11.8. The smallest absolute Gasteiger partial charge is 0.0585 e. The Hall–Kier alpha value is -1.30. The Morgan fingerprint density at radius 2 is 1.41 bits per heavy atom. The van der Waals surface area contributed by atoms with Crippen LogP contribution >= 0.6 is 7.53 Å². The molecule has 86 valence electrons. The van der Waals surface area contributed by atoms with E-state index in [0.29, 0.717) is 0 Å². The number of hydrogen-bond acceptors (Lipinski definition) is 1. The molecule has 0 radical (unpaired) electrons. The molecule has 0 spiro atoms. The number of benzene rings is 2. The summed E-state index contributed by atoms with van der Waals surface area (Å²) in [5, 5.41) is 15.2. The minimum absolute atomic E-state index is 0.236. The average Bonchev–Trinajstić information content (AvgIpc) is 2.65. The van der Waals surface area contributed by atoms with Crippen molar-refractivity contribution in [2.45, 2.75) is 19.2 Å². The summed E-state index contributed by atoms with van der Waals surface area (Å²) < 4.78 is 0. The van der Waals surface area contributed by atoms with E-state index < -0.39 is 0 Å². The second-order valence-corrected chi connectivity index (χ2v) is 6.68. The van der Waals surface area contributed by atoms with Gasteiger partial charge in [0.05, 0.1) is 6.10 Å². The predicted octanol–water partition coefficient (Wildman–Crippen LogP) is 4.36. The Morgan fingerprint density at radius 1 is 0.941 bits per heavy atom. The third-order valence-electron chi connectivity index (χ3n) is 3.13. The lowest BCUT2D eigenvalue weighted by Crippen LogP contribution is -1.97. The first-order valence-electron chi connectivity index (χ1n) is 5.91. The summed E-state index contributed by atoms with van der Waals surface area (Å²) in [6.45, 7) is 1.88. The van der Waals surface area contributed by atoms with E-state index in [0.717, 1.165) is 6.16 Å². The molecule has 0 saturated heterocycles. The first-order chi connectivity index (χ1) is 8.27. The number of hydrogen-bond donors (Lipinski definition) is 1. The maximum atomic E-state index is 9.68. The molecule has 0 aliphatic heterocycles. The second kappa shape index (κ2) is 4.18. The fourth-order valence-electron chi connectivity index (χ4n) is 2.46. The van der Waals surface area contributed by atoms with Gasteiger partial charge in [-0.2, -0.15) is 0 Å². The molecular formula is C15H15OP. The first kappa shape index (κ1) is 10.8. The van der Waals surface area contributed by atoms with Crippen molar-refractivity contribution in [3.05, 3.63) is 48.5 Å². The number of aliphatic hydroxyl groups excluding tert-OH is 1. The van der Waals surface area contributed by atoms with Crippen LogP contribution in [0.4, 0.5) is 0 Å². The minimum atomic E-state index is -0.366. The van der Waals surface area contributed by atoms with Gasteiger partial charge in [-0.15, -0.1) is 7.53 Å². The van der Waals surface area contributed by atoms with Crippen LogP contribution in [0.5, 0.6) is 0 Å². The van der Waals surface area contributed by atoms with Crippen LogP contribution in [0.25, 0.3) is 21.0 Å². The molecule has 0 fully saturated rings. The van der Waals surface area contributed by atoms with E-state index in [1.165, 1.54) is 21.0 Å². The summed E-state index contributed by atoms with van der Waals surface area (Å²) in [5.74, 6) is 0. The fraction of sp³-hybridized carbons (Fsp3) is 0.200. The Labute approximate surface area is 102 Å². The lowest BCUT2D eigenvalue weighted by atomic mass is 10.2. The van der Waals surface area contributed by atoms with Gasteiger partial charge in [-0.1, -0.05) is 48.5 Å². The van der Waals surface area contributed by atoms with Gasteiger partial charge < -0.3 is 5.11 Å². The molecule has 1 aromatic heterocycles. The standard InChI is InChI=1S/C15H15OP/c1-11(16)10-17-14-8-4-2-6-12(14)13-7-3-5-9-15(13)17/h2-9,11,16H,10H2,1H3. The van der Waals surface area contributed by atoms with E-state index in [-0.39, 0.29) is 13.6 Å². The van der Waals surface area contributed by atoms with E-state index in [4.69, 9.17) is 0 Å². The molecule has 0 saturated carbocycles. The average molecular weight is 242 g/mol. The first-order valence-corrected chi connectivity index (χ1v) is 7.44. The summed E-state index contributed by atoms with van der Waals surface area (Å²) >= 11 is 0. The molecule has 1 atom stereocenters. The summed E-state index contributed by atoms with van der Waals surface area (Å²) in [5.41, 5.74) is 0. The van der Waals surface area contributed by atoms with Crippen LogP contribution in [0.3, 0.4) is 0 Å². The topological polar surface area (TPSA) is 20.2 Å². The molecule has 1 unspecified atom stereocenters. The third kappa shape index (κ3) is 1.76. The van der Waals surface area contributed by atoms with Gasteiger partial charge in [-0.05, 0) is 17.7 Å². The van der Waals surface area contributed by atoms with Gasteiger partial charge in [-0.3, -0.25) is 0 Å². The van der Waals surface area contributed by atoms with Crippen molar-refractivity contribution in [3.8, 4) is 0 Å². The van der Waals surface area contributed by atoms with E-state index in [2.05, 4.69) is 48.5 Å². The Morgan fingerprint density at radius 3 is 1.88 bits per heavy atom. The molecule has 2 heteroatoms. The maximum absolute atomic E-state index is 9.68. The van der Waals surface area contributed by atoms with Crippen molar-refractivity contribution in [3.63, 3.8) is 0 Å². The summed E-state index contributed by atoms with van der Waals surface area (Å²) in [6, 6.07) is 17.2. The van der Waals surface area contributed by atoms with Crippen molar-refractivity contribution in [2.24, 2.45) is 0 Å². The fourth-order valence-corrected chi connectivity index (χ4v) is 5.15. The number of aliphatic hydroxyl groups is 1. The van der Waals surface area contributed by atoms with Crippen LogP contribution in [0.1, 0.15) is 6.92 Å². The van der Waals surface area contributed by atoms with E-state index in [1.807, 2.05) is 6.92 Å². The highest BCUT2D eigenvalue weighted by Gasteiger charge is 2.11. The van der Waals surface area contributed by atoms with Crippen LogP contribution in [0.2, 0.25) is 0 Å². The highest BCUT2D eigenvalue weighted by molar-refractivity contribution is 7.60. The molecule has 2 aromatic carbocycles. The van der Waals surface area contributed by atoms with E-state index in [1.54, 1.807) is 0 Å². The van der Waals surface area contributed by atoms with E-state index >= 15 is 0 Å². The minimum Gasteiger partial charge on any atom is -0.393 e. The second-order valence-electron chi connectivity index (χ2n) is 4.49. The quantitative estimate of drug-likeness (QED) is 0.707. The maximum Gasteiger partial charge on any atom is 0.0585 e. The predicted molar refractivity (Wildman–Crippen MR) is 75.8 cm³/mol. The van der Waals surface area contributed by atoms with Crippen molar-refractivity contribution >= 4 is 28.5 Å². The zero-order valence-corrected chi connectivity index (χ0v) is 10.7. The molecule has 3 rings (SSSR count). The lowest BCUT2D eigenvalue weighted by molar-refractivity contribution is 0.207. The Balaban J connectivity index is 2.41. The third-order valence-corrected chi connectivity index (χ3v) is 5.96. The largest absolute Gasteiger partial charge is 0.393 e. The van der Waals surface area contributed by atoms with Crippen LogP contribution in [-0.4, -0.2) is 11.2 Å².